The molecule has 0 saturated carbocycles. The summed E-state index contributed by atoms with van der Waals surface area (Å²) < 4.78 is 1.04. The number of fused-ring (bicyclic) bond motifs is 1. The second kappa shape index (κ2) is 4.94. The van der Waals surface area contributed by atoms with Gasteiger partial charge in [-0.25, -0.2) is 4.98 Å². The Kier molecular flexibility index (Phi) is 3.52. The maximum Gasteiger partial charge on any atom is 0.306 e. The number of rotatable bonds is 4. The van der Waals surface area contributed by atoms with Gasteiger partial charge in [0.25, 0.3) is 0 Å². The van der Waals surface area contributed by atoms with Crippen molar-refractivity contribution in [1.29, 1.82) is 0 Å². The van der Waals surface area contributed by atoms with Crippen molar-refractivity contribution >= 4 is 27.5 Å². The second-order valence-electron chi connectivity index (χ2n) is 4.49. The molecule has 1 atom stereocenters. The smallest absolute Gasteiger partial charge is 0.306 e. The van der Waals surface area contributed by atoms with Gasteiger partial charge in [0, 0.05) is 5.56 Å². The summed E-state index contributed by atoms with van der Waals surface area (Å²) in [7, 11) is 0. The predicted octanol–water partition coefficient (Wildman–Crippen LogP) is 2.96. The first kappa shape index (κ1) is 12.8. The highest BCUT2D eigenvalue weighted by molar-refractivity contribution is 7.17. The van der Waals surface area contributed by atoms with Crippen LogP contribution in [0.3, 0.4) is 0 Å². The number of aryl methyl sites for hydroxylation is 2. The van der Waals surface area contributed by atoms with Crippen LogP contribution in [0.4, 0.5) is 0 Å². The Bertz CT molecular complexity index is 591. The zero-order valence-corrected chi connectivity index (χ0v) is 11.1. The molecule has 1 heterocycles. The molecule has 0 bridgehead atoms. The molecule has 0 fully saturated rings. The van der Waals surface area contributed by atoms with Gasteiger partial charge in [-0.3, -0.25) is 4.79 Å². The van der Waals surface area contributed by atoms with Crippen LogP contribution in [0.2, 0.25) is 0 Å². The van der Waals surface area contributed by atoms with Crippen LogP contribution in [0.25, 0.3) is 10.2 Å². The second-order valence-corrected chi connectivity index (χ2v) is 5.34. The van der Waals surface area contributed by atoms with Gasteiger partial charge in [0.15, 0.2) is 0 Å². The molecule has 0 aliphatic heterocycles. The van der Waals surface area contributed by atoms with Crippen molar-refractivity contribution in [2.45, 2.75) is 26.7 Å². The van der Waals surface area contributed by atoms with Crippen LogP contribution >= 0.6 is 11.3 Å². The molecule has 0 radical (unpaired) electrons. The average Bonchev–Trinajstić information content (AvgIpc) is 2.80. The van der Waals surface area contributed by atoms with E-state index in [0.717, 1.165) is 21.3 Å². The fourth-order valence-corrected chi connectivity index (χ4v) is 2.78. The Balaban J connectivity index is 2.31. The highest BCUT2D eigenvalue weighted by atomic mass is 32.1. The van der Waals surface area contributed by atoms with Crippen LogP contribution in [0, 0.1) is 12.8 Å². The number of aromatic nitrogens is 1. The molecular weight excluding hydrogens is 250 g/mol. The van der Waals surface area contributed by atoms with Crippen molar-refractivity contribution in [3.63, 3.8) is 0 Å². The Hall–Kier alpha value is -1.62. The maximum atomic E-state index is 10.8. The van der Waals surface area contributed by atoms with Crippen molar-refractivity contribution < 1.29 is 15.0 Å². The molecule has 1 aromatic carbocycles. The number of phenols is 1. The highest BCUT2D eigenvalue weighted by Crippen LogP contribution is 2.32. The molecule has 0 aliphatic rings. The summed E-state index contributed by atoms with van der Waals surface area (Å²) in [5, 5.41) is 18.7. The van der Waals surface area contributed by atoms with E-state index in [1.54, 1.807) is 18.5 Å². The fraction of sp³-hybridized carbons (Fsp3) is 0.385. The molecule has 2 N–H and O–H groups in total. The summed E-state index contributed by atoms with van der Waals surface area (Å²) in [5.74, 6) is -0.935. The average molecular weight is 265 g/mol. The summed E-state index contributed by atoms with van der Waals surface area (Å²) in [6, 6.07) is 1.73. The first-order valence-corrected chi connectivity index (χ1v) is 6.66. The largest absolute Gasteiger partial charge is 0.508 e. The molecule has 1 aromatic heterocycles. The summed E-state index contributed by atoms with van der Waals surface area (Å²) in [6.45, 7) is 3.53. The lowest BCUT2D eigenvalue weighted by Gasteiger charge is -2.09. The third-order valence-corrected chi connectivity index (χ3v) is 4.08. The van der Waals surface area contributed by atoms with Crippen molar-refractivity contribution in [2.24, 2.45) is 5.92 Å². The third kappa shape index (κ3) is 2.31. The van der Waals surface area contributed by atoms with E-state index in [1.807, 2.05) is 6.92 Å². The number of carboxylic acid groups (broad SMARTS) is 1. The molecule has 1 unspecified atom stereocenters. The van der Waals surface area contributed by atoms with Gasteiger partial charge < -0.3 is 10.2 Å². The van der Waals surface area contributed by atoms with Gasteiger partial charge in [0.05, 0.1) is 21.6 Å². The van der Waals surface area contributed by atoms with E-state index < -0.39 is 5.97 Å². The van der Waals surface area contributed by atoms with Gasteiger partial charge in [-0.1, -0.05) is 6.92 Å². The molecule has 5 heteroatoms. The number of carboxylic acids is 1. The van der Waals surface area contributed by atoms with Gasteiger partial charge in [-0.15, -0.1) is 11.3 Å². The van der Waals surface area contributed by atoms with E-state index in [4.69, 9.17) is 5.11 Å². The zero-order valence-electron chi connectivity index (χ0n) is 10.3. The minimum absolute atomic E-state index is 0.228. The highest BCUT2D eigenvalue weighted by Gasteiger charge is 2.14. The van der Waals surface area contributed by atoms with E-state index in [9.17, 15) is 9.90 Å². The van der Waals surface area contributed by atoms with Gasteiger partial charge in [-0.05, 0) is 31.4 Å². The zero-order chi connectivity index (χ0) is 13.3. The van der Waals surface area contributed by atoms with Gasteiger partial charge >= 0.3 is 5.97 Å². The van der Waals surface area contributed by atoms with Crippen LogP contribution in [-0.4, -0.2) is 21.2 Å². The molecule has 0 amide bonds. The molecule has 0 saturated heterocycles. The predicted molar refractivity (Wildman–Crippen MR) is 71.1 cm³/mol. The summed E-state index contributed by atoms with van der Waals surface area (Å²) in [6.07, 6.45) is 1.20. The minimum Gasteiger partial charge on any atom is -0.508 e. The maximum absolute atomic E-state index is 10.8. The lowest BCUT2D eigenvalue weighted by atomic mass is 9.99. The molecule has 2 aromatic rings. The lowest BCUT2D eigenvalue weighted by molar-refractivity contribution is -0.141. The number of benzene rings is 1. The lowest BCUT2D eigenvalue weighted by Crippen LogP contribution is -2.10. The normalized spacial score (nSPS) is 12.8. The topological polar surface area (TPSA) is 70.4 Å². The number of carbonyl (C=O) groups is 1. The first-order valence-electron chi connectivity index (χ1n) is 5.78. The number of hydrogen-bond acceptors (Lipinski definition) is 4. The Morgan fingerprint density at radius 3 is 2.94 bits per heavy atom. The van der Waals surface area contributed by atoms with E-state index in [0.29, 0.717) is 12.8 Å². The minimum atomic E-state index is -0.785. The van der Waals surface area contributed by atoms with Crippen LogP contribution in [0.1, 0.15) is 24.5 Å². The third-order valence-electron chi connectivity index (χ3n) is 3.18. The van der Waals surface area contributed by atoms with Crippen LogP contribution in [0.5, 0.6) is 5.75 Å². The quantitative estimate of drug-likeness (QED) is 0.891. The van der Waals surface area contributed by atoms with Crippen LogP contribution < -0.4 is 0 Å². The monoisotopic (exact) mass is 265 g/mol. The Morgan fingerprint density at radius 1 is 1.56 bits per heavy atom. The number of phenolic OH excluding ortho intramolecular Hbond substituents is 1. The van der Waals surface area contributed by atoms with E-state index in [1.165, 1.54) is 11.3 Å². The Labute approximate surface area is 109 Å². The number of aromatic hydroxyl groups is 1. The number of nitrogens with zero attached hydrogens (tertiary/aromatic N) is 1. The van der Waals surface area contributed by atoms with Crippen molar-refractivity contribution in [2.75, 3.05) is 0 Å². The summed E-state index contributed by atoms with van der Waals surface area (Å²) >= 11 is 1.53. The van der Waals surface area contributed by atoms with Crippen molar-refractivity contribution in [3.8, 4) is 5.75 Å². The molecule has 0 aliphatic carbocycles. The van der Waals surface area contributed by atoms with Crippen molar-refractivity contribution in [1.82, 2.24) is 4.98 Å². The SMILES string of the molecule is Cc1c(O)cc(CCC(C)C(=O)O)c2scnc12. The van der Waals surface area contributed by atoms with Gasteiger partial charge in [0.2, 0.25) is 0 Å². The van der Waals surface area contributed by atoms with Gasteiger partial charge in [-0.2, -0.15) is 0 Å². The number of hydrogen-bond donors (Lipinski definition) is 2. The van der Waals surface area contributed by atoms with E-state index in [-0.39, 0.29) is 11.7 Å². The van der Waals surface area contributed by atoms with E-state index in [2.05, 4.69) is 4.98 Å². The van der Waals surface area contributed by atoms with E-state index >= 15 is 0 Å². The standard InChI is InChI=1S/C13H15NO3S/c1-7(13(16)17)3-4-9-5-10(15)8(2)11-12(9)18-6-14-11/h5-7,15H,3-4H2,1-2H3,(H,16,17). The number of aliphatic carboxylic acids is 1. The summed E-state index contributed by atoms with van der Waals surface area (Å²) in [4.78, 5) is 15.0. The van der Waals surface area contributed by atoms with Crippen LogP contribution in [0.15, 0.2) is 11.6 Å². The molecule has 0 spiro atoms. The molecule has 2 rings (SSSR count). The van der Waals surface area contributed by atoms with Crippen molar-refractivity contribution in [3.05, 3.63) is 22.7 Å². The molecule has 18 heavy (non-hydrogen) atoms. The number of thiazole rings is 1. The van der Waals surface area contributed by atoms with Gasteiger partial charge in [0.1, 0.15) is 5.75 Å². The first-order chi connectivity index (χ1) is 8.50. The molecule has 4 nitrogen and oxygen atoms in total. The molecular formula is C13H15NO3S. The summed E-state index contributed by atoms with van der Waals surface area (Å²) in [5.41, 5.74) is 4.32. The van der Waals surface area contributed by atoms with Crippen LogP contribution in [-0.2, 0) is 11.2 Å². The Morgan fingerprint density at radius 2 is 2.28 bits per heavy atom. The fourth-order valence-electron chi connectivity index (χ4n) is 1.88. The molecule has 96 valence electrons.